The van der Waals surface area contributed by atoms with Crippen LogP contribution >= 0.6 is 0 Å². The predicted octanol–water partition coefficient (Wildman–Crippen LogP) is 5.33. The average molecular weight is 452 g/mol. The molecule has 4 aromatic rings. The molecule has 2 aromatic heterocycles. The third kappa shape index (κ3) is 3.60. The van der Waals surface area contributed by atoms with Crippen LogP contribution in [0.3, 0.4) is 0 Å². The van der Waals surface area contributed by atoms with Crippen LogP contribution in [0.4, 0.5) is 8.78 Å². The maximum absolute atomic E-state index is 14.2. The van der Waals surface area contributed by atoms with Crippen LogP contribution in [0.1, 0.15) is 46.8 Å². The fraction of sp³-hybridized carbons (Fsp3) is 0.280. The summed E-state index contributed by atoms with van der Waals surface area (Å²) in [7, 11) is 1.26. The van der Waals surface area contributed by atoms with Gasteiger partial charge in [-0.15, -0.1) is 0 Å². The fourth-order valence-corrected chi connectivity index (χ4v) is 4.85. The van der Waals surface area contributed by atoms with E-state index in [1.807, 2.05) is 0 Å². The number of fused-ring (bicyclic) bond motifs is 3. The SMILES string of the molecule is COC(=O)c1coc2c1c(C(c1ccnc(F)c1)N1CCCCC1)c(O)c1cc(F)ccc12. The molecular formula is C25H22F2N2O4. The highest BCUT2D eigenvalue weighted by Crippen LogP contribution is 2.47. The molecule has 1 unspecified atom stereocenters. The smallest absolute Gasteiger partial charge is 0.341 e. The number of pyridine rings is 1. The Morgan fingerprint density at radius 1 is 1.15 bits per heavy atom. The number of carbonyl (C=O) groups is 1. The normalized spacial score (nSPS) is 15.7. The molecule has 170 valence electrons. The van der Waals surface area contributed by atoms with E-state index < -0.39 is 23.8 Å². The number of rotatable bonds is 4. The number of hydrogen-bond donors (Lipinski definition) is 1. The first kappa shape index (κ1) is 21.3. The van der Waals surface area contributed by atoms with Crippen molar-refractivity contribution in [1.29, 1.82) is 0 Å². The van der Waals surface area contributed by atoms with Crippen molar-refractivity contribution in [2.24, 2.45) is 0 Å². The Morgan fingerprint density at radius 2 is 1.94 bits per heavy atom. The summed E-state index contributed by atoms with van der Waals surface area (Å²) in [5.41, 5.74) is 1.38. The zero-order valence-electron chi connectivity index (χ0n) is 18.0. The molecule has 2 aromatic carbocycles. The van der Waals surface area contributed by atoms with Crippen LogP contribution in [0.25, 0.3) is 21.7 Å². The van der Waals surface area contributed by atoms with E-state index in [1.165, 1.54) is 43.8 Å². The zero-order valence-corrected chi connectivity index (χ0v) is 18.0. The minimum atomic E-state index is -0.655. The first-order valence-corrected chi connectivity index (χ1v) is 10.8. The van der Waals surface area contributed by atoms with Gasteiger partial charge >= 0.3 is 5.97 Å². The number of aromatic hydroxyl groups is 1. The molecule has 1 fully saturated rings. The maximum atomic E-state index is 14.2. The summed E-state index contributed by atoms with van der Waals surface area (Å²) in [5, 5.41) is 12.6. The van der Waals surface area contributed by atoms with Crippen molar-refractivity contribution in [3.05, 3.63) is 71.2 Å². The lowest BCUT2D eigenvalue weighted by molar-refractivity contribution is 0.0601. The summed E-state index contributed by atoms with van der Waals surface area (Å²) in [6.07, 6.45) is 5.59. The number of hydrogen-bond acceptors (Lipinski definition) is 6. The van der Waals surface area contributed by atoms with Gasteiger partial charge in [-0.1, -0.05) is 6.42 Å². The second-order valence-electron chi connectivity index (χ2n) is 8.21. The minimum absolute atomic E-state index is 0.139. The summed E-state index contributed by atoms with van der Waals surface area (Å²) in [6.45, 7) is 1.42. The van der Waals surface area contributed by atoms with Gasteiger partial charge in [0.2, 0.25) is 5.95 Å². The highest BCUT2D eigenvalue weighted by atomic mass is 19.1. The lowest BCUT2D eigenvalue weighted by Crippen LogP contribution is -2.34. The standard InChI is InChI=1S/C25H22F2N2O4/c1-32-25(31)18-13-33-24-16-6-5-15(26)12-17(16)23(30)21(20(18)24)22(29-9-3-2-4-10-29)14-7-8-28-19(27)11-14/h5-8,11-13,22,30H,2-4,9-10H2,1H3. The molecule has 1 atom stereocenters. The highest BCUT2D eigenvalue weighted by Gasteiger charge is 2.33. The van der Waals surface area contributed by atoms with E-state index in [0.717, 1.165) is 19.3 Å². The van der Waals surface area contributed by atoms with Gasteiger partial charge in [0, 0.05) is 27.9 Å². The number of carbonyl (C=O) groups excluding carboxylic acids is 1. The summed E-state index contributed by atoms with van der Waals surface area (Å²) < 4.78 is 39.1. The van der Waals surface area contributed by atoms with E-state index in [9.17, 15) is 18.7 Å². The van der Waals surface area contributed by atoms with Crippen molar-refractivity contribution >= 4 is 27.7 Å². The van der Waals surface area contributed by atoms with E-state index in [1.54, 1.807) is 6.07 Å². The van der Waals surface area contributed by atoms with Crippen molar-refractivity contribution < 1.29 is 27.8 Å². The fourth-order valence-electron chi connectivity index (χ4n) is 4.85. The van der Waals surface area contributed by atoms with Crippen LogP contribution in [0.2, 0.25) is 0 Å². The number of benzene rings is 2. The quantitative estimate of drug-likeness (QED) is 0.333. The summed E-state index contributed by atoms with van der Waals surface area (Å²) in [4.78, 5) is 18.4. The zero-order chi connectivity index (χ0) is 23.1. The number of aromatic nitrogens is 1. The number of esters is 1. The van der Waals surface area contributed by atoms with Crippen molar-refractivity contribution in [3.63, 3.8) is 0 Å². The summed E-state index contributed by atoms with van der Waals surface area (Å²) in [6, 6.07) is 6.39. The van der Waals surface area contributed by atoms with Crippen molar-refractivity contribution in [3.8, 4) is 5.75 Å². The lowest BCUT2D eigenvalue weighted by atomic mass is 9.88. The Morgan fingerprint density at radius 3 is 2.67 bits per heavy atom. The number of ether oxygens (including phenoxy) is 1. The Bertz CT molecular complexity index is 1360. The van der Waals surface area contributed by atoms with Crippen LogP contribution in [-0.2, 0) is 4.74 Å². The van der Waals surface area contributed by atoms with Gasteiger partial charge in [0.25, 0.3) is 0 Å². The molecule has 0 amide bonds. The predicted molar refractivity (Wildman–Crippen MR) is 118 cm³/mol. The molecule has 0 spiro atoms. The molecule has 1 N–H and O–H groups in total. The Hall–Kier alpha value is -3.52. The molecule has 5 rings (SSSR count). The Kier molecular flexibility index (Phi) is 5.46. The van der Waals surface area contributed by atoms with Gasteiger partial charge in [-0.25, -0.2) is 14.2 Å². The van der Waals surface area contributed by atoms with Crippen molar-refractivity contribution in [2.45, 2.75) is 25.3 Å². The van der Waals surface area contributed by atoms with Crippen LogP contribution < -0.4 is 0 Å². The van der Waals surface area contributed by atoms with Crippen LogP contribution in [-0.4, -0.2) is 41.2 Å². The van der Waals surface area contributed by atoms with E-state index >= 15 is 0 Å². The van der Waals surface area contributed by atoms with Gasteiger partial charge in [-0.3, -0.25) is 4.90 Å². The number of methoxy groups -OCH3 is 1. The molecule has 0 saturated carbocycles. The molecular weight excluding hydrogens is 430 g/mol. The molecule has 1 aliphatic heterocycles. The minimum Gasteiger partial charge on any atom is -0.507 e. The van der Waals surface area contributed by atoms with Gasteiger partial charge in [-0.2, -0.15) is 4.39 Å². The van der Waals surface area contributed by atoms with Crippen LogP contribution in [0.15, 0.2) is 47.2 Å². The van der Waals surface area contributed by atoms with Crippen molar-refractivity contribution in [2.75, 3.05) is 20.2 Å². The molecule has 33 heavy (non-hydrogen) atoms. The number of halogens is 2. The summed E-state index contributed by atoms with van der Waals surface area (Å²) >= 11 is 0. The topological polar surface area (TPSA) is 75.8 Å². The molecule has 8 heteroatoms. The third-order valence-electron chi connectivity index (χ3n) is 6.30. The third-order valence-corrected chi connectivity index (χ3v) is 6.30. The number of piperidine rings is 1. The van der Waals surface area contributed by atoms with Crippen LogP contribution in [0.5, 0.6) is 5.75 Å². The molecule has 0 radical (unpaired) electrons. The molecule has 0 bridgehead atoms. The lowest BCUT2D eigenvalue weighted by Gasteiger charge is -2.36. The highest BCUT2D eigenvalue weighted by molar-refractivity contribution is 6.16. The maximum Gasteiger partial charge on any atom is 0.341 e. The van der Waals surface area contributed by atoms with Crippen molar-refractivity contribution in [1.82, 2.24) is 9.88 Å². The van der Waals surface area contributed by atoms with Gasteiger partial charge in [0.1, 0.15) is 29.0 Å². The number of furan rings is 1. The average Bonchev–Trinajstić information content (AvgIpc) is 3.26. The van der Waals surface area contributed by atoms with Gasteiger partial charge in [0.15, 0.2) is 0 Å². The monoisotopic (exact) mass is 452 g/mol. The first-order chi connectivity index (χ1) is 16.0. The number of likely N-dealkylation sites (tertiary alicyclic amines) is 1. The molecule has 1 aliphatic rings. The van der Waals surface area contributed by atoms with Gasteiger partial charge in [-0.05, 0) is 61.8 Å². The molecule has 1 saturated heterocycles. The summed E-state index contributed by atoms with van der Waals surface area (Å²) in [5.74, 6) is -1.99. The van der Waals surface area contributed by atoms with Crippen LogP contribution in [0, 0.1) is 11.8 Å². The van der Waals surface area contributed by atoms with E-state index in [-0.39, 0.29) is 16.7 Å². The van der Waals surface area contributed by atoms with E-state index in [2.05, 4.69) is 9.88 Å². The van der Waals surface area contributed by atoms with E-state index in [0.29, 0.717) is 40.6 Å². The second kappa shape index (κ2) is 8.44. The van der Waals surface area contributed by atoms with E-state index in [4.69, 9.17) is 9.15 Å². The molecule has 0 aliphatic carbocycles. The second-order valence-corrected chi connectivity index (χ2v) is 8.21. The number of phenolic OH excluding ortho intramolecular Hbond substituents is 1. The number of nitrogens with zero attached hydrogens (tertiary/aromatic N) is 2. The van der Waals surface area contributed by atoms with Gasteiger partial charge < -0.3 is 14.3 Å². The molecule has 6 nitrogen and oxygen atoms in total. The van der Waals surface area contributed by atoms with Gasteiger partial charge in [0.05, 0.1) is 13.2 Å². The Balaban J connectivity index is 1.90. The Labute approximate surface area is 188 Å². The largest absolute Gasteiger partial charge is 0.507 e. The number of phenols is 1. The first-order valence-electron chi connectivity index (χ1n) is 10.8. The molecule has 3 heterocycles.